The van der Waals surface area contributed by atoms with Gasteiger partial charge in [0, 0.05) is 12.1 Å². The summed E-state index contributed by atoms with van der Waals surface area (Å²) in [6.45, 7) is 1.19. The first-order chi connectivity index (χ1) is 8.72. The lowest BCUT2D eigenvalue weighted by atomic mass is 10.1. The molecule has 94 valence electrons. The average molecular weight is 267 g/mol. The molecule has 0 unspecified atom stereocenters. The van der Waals surface area contributed by atoms with E-state index in [1.54, 1.807) is 6.07 Å². The van der Waals surface area contributed by atoms with Crippen LogP contribution in [0.15, 0.2) is 12.1 Å². The Bertz CT molecular complexity index is 511. The van der Waals surface area contributed by atoms with Gasteiger partial charge in [0.25, 0.3) is 5.91 Å². The number of halogens is 1. The summed E-state index contributed by atoms with van der Waals surface area (Å²) in [4.78, 5) is 11.8. The number of fused-ring (bicyclic) bond motifs is 1. The van der Waals surface area contributed by atoms with Gasteiger partial charge in [0.15, 0.2) is 11.5 Å². The van der Waals surface area contributed by atoms with Gasteiger partial charge in [-0.3, -0.25) is 4.79 Å². The van der Waals surface area contributed by atoms with Crippen molar-refractivity contribution < 1.29 is 14.3 Å². The van der Waals surface area contributed by atoms with Crippen LogP contribution in [-0.2, 0) is 0 Å². The molecule has 0 fully saturated rings. The molecule has 18 heavy (non-hydrogen) atoms. The summed E-state index contributed by atoms with van der Waals surface area (Å²) in [5.74, 6) is 0.653. The average Bonchev–Trinajstić information content (AvgIpc) is 2.39. The molecule has 6 heteroatoms. The zero-order valence-corrected chi connectivity index (χ0v) is 10.3. The number of nitrogens with one attached hydrogen (secondary N) is 1. The largest absolute Gasteiger partial charge is 0.486 e. The first kappa shape index (κ1) is 12.5. The van der Waals surface area contributed by atoms with Gasteiger partial charge in [-0.15, -0.1) is 0 Å². The Labute approximate surface area is 109 Å². The summed E-state index contributed by atoms with van der Waals surface area (Å²) in [5.41, 5.74) is 0.391. The van der Waals surface area contributed by atoms with Gasteiger partial charge < -0.3 is 14.8 Å². The number of hydrogen-bond donors (Lipinski definition) is 1. The van der Waals surface area contributed by atoms with Gasteiger partial charge in [-0.2, -0.15) is 5.26 Å². The van der Waals surface area contributed by atoms with Gasteiger partial charge >= 0.3 is 0 Å². The third-order valence-electron chi connectivity index (χ3n) is 2.38. The molecule has 0 spiro atoms. The lowest BCUT2D eigenvalue weighted by molar-refractivity contribution is 0.0953. The zero-order chi connectivity index (χ0) is 13.0. The minimum atomic E-state index is -0.288. The minimum absolute atomic E-state index is 0.268. The quantitative estimate of drug-likeness (QED) is 0.846. The molecule has 2 rings (SSSR count). The van der Waals surface area contributed by atoms with E-state index in [9.17, 15) is 4.79 Å². The van der Waals surface area contributed by atoms with Crippen molar-refractivity contribution in [3.63, 3.8) is 0 Å². The summed E-state index contributed by atoms with van der Waals surface area (Å²) >= 11 is 6.02. The van der Waals surface area contributed by atoms with Gasteiger partial charge in [0.2, 0.25) is 0 Å². The number of rotatable bonds is 3. The zero-order valence-electron chi connectivity index (χ0n) is 9.53. The van der Waals surface area contributed by atoms with Crippen molar-refractivity contribution in [2.75, 3.05) is 19.8 Å². The van der Waals surface area contributed by atoms with Crippen molar-refractivity contribution in [1.82, 2.24) is 5.32 Å². The van der Waals surface area contributed by atoms with Crippen molar-refractivity contribution in [2.45, 2.75) is 6.42 Å². The smallest absolute Gasteiger partial charge is 0.251 e. The lowest BCUT2D eigenvalue weighted by Crippen LogP contribution is -2.24. The molecule has 1 aliphatic heterocycles. The number of nitrogens with zero attached hydrogens (tertiary/aromatic N) is 1. The monoisotopic (exact) mass is 266 g/mol. The number of ether oxygens (including phenoxy) is 2. The van der Waals surface area contributed by atoms with E-state index < -0.39 is 0 Å². The molecule has 5 nitrogen and oxygen atoms in total. The lowest BCUT2D eigenvalue weighted by Gasteiger charge is -2.20. The summed E-state index contributed by atoms with van der Waals surface area (Å²) in [7, 11) is 0. The summed E-state index contributed by atoms with van der Waals surface area (Å²) in [6.07, 6.45) is 0.268. The topological polar surface area (TPSA) is 71.4 Å². The van der Waals surface area contributed by atoms with Crippen LogP contribution in [-0.4, -0.2) is 25.7 Å². The maximum Gasteiger partial charge on any atom is 0.251 e. The number of carbonyl (C=O) groups excluding carboxylic acids is 1. The molecule has 1 aliphatic rings. The summed E-state index contributed by atoms with van der Waals surface area (Å²) < 4.78 is 10.7. The molecule has 0 aromatic heterocycles. The SMILES string of the molecule is N#CCCNC(=O)c1cc(Cl)c2c(c1)OCCO2. The predicted molar refractivity (Wildman–Crippen MR) is 65.0 cm³/mol. The maximum absolute atomic E-state index is 11.8. The second kappa shape index (κ2) is 5.61. The van der Waals surface area contributed by atoms with E-state index in [4.69, 9.17) is 26.3 Å². The van der Waals surface area contributed by atoms with Gasteiger partial charge in [0.1, 0.15) is 13.2 Å². The van der Waals surface area contributed by atoms with E-state index in [1.807, 2.05) is 6.07 Å². The number of carbonyl (C=O) groups is 1. The Balaban J connectivity index is 2.17. The van der Waals surface area contributed by atoms with Crippen molar-refractivity contribution in [1.29, 1.82) is 5.26 Å². The van der Waals surface area contributed by atoms with E-state index in [2.05, 4.69) is 5.32 Å². The van der Waals surface area contributed by atoms with Crippen LogP contribution in [0.5, 0.6) is 11.5 Å². The van der Waals surface area contributed by atoms with E-state index >= 15 is 0 Å². The second-order valence-electron chi connectivity index (χ2n) is 3.65. The van der Waals surface area contributed by atoms with E-state index in [0.29, 0.717) is 41.8 Å². The summed E-state index contributed by atoms with van der Waals surface area (Å²) in [6, 6.07) is 5.06. The van der Waals surface area contributed by atoms with E-state index in [0.717, 1.165) is 0 Å². The van der Waals surface area contributed by atoms with Crippen LogP contribution in [0.4, 0.5) is 0 Å². The molecule has 0 aliphatic carbocycles. The standard InChI is InChI=1S/C12H11ClN2O3/c13-9-6-8(12(16)15-3-1-2-14)7-10-11(9)18-5-4-17-10/h6-7H,1,3-5H2,(H,15,16). The van der Waals surface area contributed by atoms with Crippen LogP contribution >= 0.6 is 11.6 Å². The van der Waals surface area contributed by atoms with Crippen molar-refractivity contribution in [3.8, 4) is 17.6 Å². The molecule has 1 amide bonds. The fourth-order valence-corrected chi connectivity index (χ4v) is 1.84. The molecule has 0 radical (unpaired) electrons. The Kier molecular flexibility index (Phi) is 3.90. The number of hydrogen-bond acceptors (Lipinski definition) is 4. The molecule has 1 N–H and O–H groups in total. The highest BCUT2D eigenvalue weighted by Crippen LogP contribution is 2.38. The maximum atomic E-state index is 11.8. The van der Waals surface area contributed by atoms with Crippen molar-refractivity contribution in [2.24, 2.45) is 0 Å². The minimum Gasteiger partial charge on any atom is -0.486 e. The number of nitriles is 1. The van der Waals surface area contributed by atoms with Crippen LogP contribution in [0, 0.1) is 11.3 Å². The van der Waals surface area contributed by atoms with Crippen LogP contribution < -0.4 is 14.8 Å². The molecule has 0 bridgehead atoms. The van der Waals surface area contributed by atoms with E-state index in [1.165, 1.54) is 6.07 Å². The van der Waals surface area contributed by atoms with Gasteiger partial charge in [-0.1, -0.05) is 11.6 Å². The predicted octanol–water partition coefficient (Wildman–Crippen LogP) is 1.75. The highest BCUT2D eigenvalue weighted by Gasteiger charge is 2.18. The Morgan fingerprint density at radius 3 is 3.00 bits per heavy atom. The fraction of sp³-hybridized carbons (Fsp3) is 0.333. The first-order valence-corrected chi connectivity index (χ1v) is 5.84. The second-order valence-corrected chi connectivity index (χ2v) is 4.05. The van der Waals surface area contributed by atoms with Gasteiger partial charge in [-0.05, 0) is 12.1 Å². The van der Waals surface area contributed by atoms with Crippen molar-refractivity contribution in [3.05, 3.63) is 22.7 Å². The molecule has 1 aromatic rings. The molecule has 1 heterocycles. The normalized spacial score (nSPS) is 12.7. The first-order valence-electron chi connectivity index (χ1n) is 5.46. The summed E-state index contributed by atoms with van der Waals surface area (Å²) in [5, 5.41) is 11.4. The van der Waals surface area contributed by atoms with Gasteiger partial charge in [0.05, 0.1) is 17.5 Å². The molecular formula is C12H11ClN2O3. The molecule has 0 saturated carbocycles. The Morgan fingerprint density at radius 2 is 2.22 bits per heavy atom. The highest BCUT2D eigenvalue weighted by molar-refractivity contribution is 6.32. The van der Waals surface area contributed by atoms with Crippen LogP contribution in [0.1, 0.15) is 16.8 Å². The highest BCUT2D eigenvalue weighted by atomic mass is 35.5. The number of benzene rings is 1. The third kappa shape index (κ3) is 2.66. The van der Waals surface area contributed by atoms with Crippen molar-refractivity contribution >= 4 is 17.5 Å². The van der Waals surface area contributed by atoms with Crippen LogP contribution in [0.2, 0.25) is 5.02 Å². The van der Waals surface area contributed by atoms with Crippen LogP contribution in [0.3, 0.4) is 0 Å². The molecular weight excluding hydrogens is 256 g/mol. The Morgan fingerprint density at radius 1 is 1.44 bits per heavy atom. The van der Waals surface area contributed by atoms with Crippen LogP contribution in [0.25, 0.3) is 0 Å². The fourth-order valence-electron chi connectivity index (χ4n) is 1.58. The van der Waals surface area contributed by atoms with E-state index in [-0.39, 0.29) is 12.3 Å². The Hall–Kier alpha value is -1.93. The third-order valence-corrected chi connectivity index (χ3v) is 2.66. The number of amides is 1. The molecule has 0 atom stereocenters. The van der Waals surface area contributed by atoms with Gasteiger partial charge in [-0.25, -0.2) is 0 Å². The molecule has 1 aromatic carbocycles. The molecule has 0 saturated heterocycles.